The predicted molar refractivity (Wildman–Crippen MR) is 90.4 cm³/mol. The van der Waals surface area contributed by atoms with E-state index >= 15 is 0 Å². The third-order valence-corrected chi connectivity index (χ3v) is 3.74. The number of aldehydes is 1. The van der Waals surface area contributed by atoms with Gasteiger partial charge in [0.15, 0.2) is 0 Å². The van der Waals surface area contributed by atoms with Gasteiger partial charge in [-0.2, -0.15) is 0 Å². The summed E-state index contributed by atoms with van der Waals surface area (Å²) in [7, 11) is 0. The lowest BCUT2D eigenvalue weighted by atomic mass is 10.1. The summed E-state index contributed by atoms with van der Waals surface area (Å²) in [5, 5.41) is 4.89. The van der Waals surface area contributed by atoms with E-state index in [-0.39, 0.29) is 6.04 Å². The first-order chi connectivity index (χ1) is 10.8. The zero-order chi connectivity index (χ0) is 15.4. The number of carbonyl (C=O) groups excluding carboxylic acids is 1. The molecule has 0 aliphatic carbocycles. The predicted octanol–water partition coefficient (Wildman–Crippen LogP) is 4.11. The molecule has 1 atom stereocenters. The van der Waals surface area contributed by atoms with E-state index in [2.05, 4.69) is 10.3 Å². The van der Waals surface area contributed by atoms with E-state index < -0.39 is 0 Å². The van der Waals surface area contributed by atoms with Crippen LogP contribution in [0.1, 0.15) is 5.56 Å². The lowest BCUT2D eigenvalue weighted by Gasteiger charge is -2.16. The summed E-state index contributed by atoms with van der Waals surface area (Å²) in [6, 6.07) is 17.1. The quantitative estimate of drug-likeness (QED) is 0.721. The van der Waals surface area contributed by atoms with Crippen LogP contribution < -0.4 is 5.32 Å². The molecule has 0 aliphatic rings. The molecule has 3 rings (SSSR count). The Kier molecular flexibility index (Phi) is 4.35. The van der Waals surface area contributed by atoms with Crippen LogP contribution in [0.5, 0.6) is 0 Å². The van der Waals surface area contributed by atoms with Crippen molar-refractivity contribution in [1.82, 2.24) is 4.98 Å². The van der Waals surface area contributed by atoms with Crippen LogP contribution in [0.2, 0.25) is 5.02 Å². The summed E-state index contributed by atoms with van der Waals surface area (Å²) in [4.78, 5) is 15.7. The maximum absolute atomic E-state index is 11.4. The number of hydrogen-bond acceptors (Lipinski definition) is 3. The molecule has 3 aromatic rings. The Morgan fingerprint density at radius 1 is 1.14 bits per heavy atom. The minimum Gasteiger partial charge on any atom is -0.375 e. The summed E-state index contributed by atoms with van der Waals surface area (Å²) in [5.41, 5.74) is 2.81. The molecular formula is C18H15ClN2O. The third-order valence-electron chi connectivity index (χ3n) is 3.51. The Hall–Kier alpha value is -2.39. The van der Waals surface area contributed by atoms with Gasteiger partial charge >= 0.3 is 0 Å². The van der Waals surface area contributed by atoms with E-state index in [1.807, 2.05) is 54.6 Å². The highest BCUT2D eigenvalue weighted by Gasteiger charge is 2.10. The summed E-state index contributed by atoms with van der Waals surface area (Å²) >= 11 is 5.99. The molecule has 2 aromatic carbocycles. The van der Waals surface area contributed by atoms with Gasteiger partial charge in [0.2, 0.25) is 0 Å². The summed E-state index contributed by atoms with van der Waals surface area (Å²) in [5.74, 6) is 0. The number of fused-ring (bicyclic) bond motifs is 1. The Morgan fingerprint density at radius 3 is 2.73 bits per heavy atom. The van der Waals surface area contributed by atoms with Crippen molar-refractivity contribution >= 4 is 34.5 Å². The highest BCUT2D eigenvalue weighted by atomic mass is 35.5. The van der Waals surface area contributed by atoms with E-state index in [1.165, 1.54) is 0 Å². The van der Waals surface area contributed by atoms with Crippen molar-refractivity contribution in [2.75, 3.05) is 5.32 Å². The first kappa shape index (κ1) is 14.5. The molecule has 0 radical (unpaired) electrons. The van der Waals surface area contributed by atoms with Crippen LogP contribution in [-0.4, -0.2) is 17.3 Å². The van der Waals surface area contributed by atoms with E-state index in [9.17, 15) is 4.79 Å². The Morgan fingerprint density at radius 2 is 1.95 bits per heavy atom. The van der Waals surface area contributed by atoms with Crippen molar-refractivity contribution in [2.45, 2.75) is 12.5 Å². The van der Waals surface area contributed by atoms with Crippen LogP contribution in [0.25, 0.3) is 10.9 Å². The average Bonchev–Trinajstić information content (AvgIpc) is 2.55. The summed E-state index contributed by atoms with van der Waals surface area (Å²) in [6.45, 7) is 0. The molecule has 22 heavy (non-hydrogen) atoms. The first-order valence-electron chi connectivity index (χ1n) is 7.06. The lowest BCUT2D eigenvalue weighted by molar-refractivity contribution is -0.108. The fourth-order valence-corrected chi connectivity index (χ4v) is 2.61. The third kappa shape index (κ3) is 3.26. The van der Waals surface area contributed by atoms with E-state index in [1.54, 1.807) is 6.20 Å². The molecule has 0 saturated carbocycles. The molecule has 0 fully saturated rings. The fraction of sp³-hybridized carbons (Fsp3) is 0.111. The van der Waals surface area contributed by atoms with Gasteiger partial charge in [0, 0.05) is 22.3 Å². The molecule has 4 heteroatoms. The fourth-order valence-electron chi connectivity index (χ4n) is 2.45. The minimum atomic E-state index is -0.288. The van der Waals surface area contributed by atoms with Crippen molar-refractivity contribution in [3.8, 4) is 0 Å². The summed E-state index contributed by atoms with van der Waals surface area (Å²) in [6.07, 6.45) is 3.29. The normalized spacial score (nSPS) is 12.0. The van der Waals surface area contributed by atoms with Gasteiger partial charge in [-0.25, -0.2) is 0 Å². The van der Waals surface area contributed by atoms with E-state index in [4.69, 9.17) is 11.6 Å². The van der Waals surface area contributed by atoms with E-state index in [0.717, 1.165) is 28.4 Å². The molecule has 1 aromatic heterocycles. The Balaban J connectivity index is 1.86. The number of anilines is 1. The SMILES string of the molecule is O=C[C@H](Cc1ccccc1)Nc1ccnc2cc(Cl)ccc12. The number of pyridine rings is 1. The largest absolute Gasteiger partial charge is 0.375 e. The standard InChI is InChI=1S/C18H15ClN2O/c19-14-6-7-16-17(8-9-20-18(16)11-14)21-15(12-22)10-13-4-2-1-3-5-13/h1-9,11-12,15H,10H2,(H,20,21)/t15-/m0/s1. The smallest absolute Gasteiger partial charge is 0.142 e. The highest BCUT2D eigenvalue weighted by molar-refractivity contribution is 6.31. The molecule has 1 heterocycles. The number of hydrogen-bond donors (Lipinski definition) is 1. The highest BCUT2D eigenvalue weighted by Crippen LogP contribution is 2.25. The minimum absolute atomic E-state index is 0.288. The second-order valence-electron chi connectivity index (χ2n) is 5.10. The topological polar surface area (TPSA) is 42.0 Å². The molecule has 0 saturated heterocycles. The van der Waals surface area contributed by atoms with E-state index in [0.29, 0.717) is 11.4 Å². The maximum atomic E-state index is 11.4. The monoisotopic (exact) mass is 310 g/mol. The van der Waals surface area contributed by atoms with Gasteiger partial charge in [0.1, 0.15) is 6.29 Å². The first-order valence-corrected chi connectivity index (χ1v) is 7.44. The zero-order valence-corrected chi connectivity index (χ0v) is 12.6. The maximum Gasteiger partial charge on any atom is 0.142 e. The van der Waals surface area contributed by atoms with Gasteiger partial charge in [-0.15, -0.1) is 0 Å². The van der Waals surface area contributed by atoms with Crippen molar-refractivity contribution < 1.29 is 4.79 Å². The molecule has 0 unspecified atom stereocenters. The number of nitrogens with zero attached hydrogens (tertiary/aromatic N) is 1. The lowest BCUT2D eigenvalue weighted by Crippen LogP contribution is -2.23. The second-order valence-corrected chi connectivity index (χ2v) is 5.53. The van der Waals surface area contributed by atoms with Crippen LogP contribution in [-0.2, 0) is 11.2 Å². The van der Waals surface area contributed by atoms with Gasteiger partial charge in [-0.1, -0.05) is 41.9 Å². The molecule has 0 bridgehead atoms. The second kappa shape index (κ2) is 6.58. The van der Waals surface area contributed by atoms with Crippen molar-refractivity contribution in [2.24, 2.45) is 0 Å². The Labute approximate surface area is 133 Å². The molecule has 110 valence electrons. The number of rotatable bonds is 5. The van der Waals surface area contributed by atoms with Crippen LogP contribution in [0, 0.1) is 0 Å². The van der Waals surface area contributed by atoms with Crippen LogP contribution in [0.3, 0.4) is 0 Å². The number of nitrogens with one attached hydrogen (secondary N) is 1. The number of halogens is 1. The van der Waals surface area contributed by atoms with Crippen molar-refractivity contribution in [3.05, 3.63) is 71.4 Å². The average molecular weight is 311 g/mol. The number of aromatic nitrogens is 1. The zero-order valence-electron chi connectivity index (χ0n) is 11.9. The molecular weight excluding hydrogens is 296 g/mol. The number of benzene rings is 2. The van der Waals surface area contributed by atoms with Crippen LogP contribution in [0.4, 0.5) is 5.69 Å². The molecule has 0 amide bonds. The van der Waals surface area contributed by atoms with Gasteiger partial charge in [0.25, 0.3) is 0 Å². The van der Waals surface area contributed by atoms with Crippen molar-refractivity contribution in [3.63, 3.8) is 0 Å². The van der Waals surface area contributed by atoms with Crippen molar-refractivity contribution in [1.29, 1.82) is 0 Å². The molecule has 1 N–H and O–H groups in total. The molecule has 3 nitrogen and oxygen atoms in total. The van der Waals surface area contributed by atoms with Crippen LogP contribution >= 0.6 is 11.6 Å². The van der Waals surface area contributed by atoms with Gasteiger partial charge < -0.3 is 10.1 Å². The molecule has 0 spiro atoms. The molecule has 0 aliphatic heterocycles. The Bertz CT molecular complexity index is 789. The van der Waals surface area contributed by atoms with Crippen LogP contribution in [0.15, 0.2) is 60.8 Å². The summed E-state index contributed by atoms with van der Waals surface area (Å²) < 4.78 is 0. The van der Waals surface area contributed by atoms with Gasteiger partial charge in [0.05, 0.1) is 11.6 Å². The van der Waals surface area contributed by atoms with Gasteiger partial charge in [-0.3, -0.25) is 4.98 Å². The number of carbonyl (C=O) groups is 1. The van der Waals surface area contributed by atoms with Gasteiger partial charge in [-0.05, 0) is 36.2 Å².